The molecule has 0 fully saturated rings. The van der Waals surface area contributed by atoms with Gasteiger partial charge in [-0.25, -0.2) is 0 Å². The number of benzene rings is 1. The van der Waals surface area contributed by atoms with Crippen LogP contribution in [0, 0.1) is 12.8 Å². The van der Waals surface area contributed by atoms with Crippen molar-refractivity contribution in [2.24, 2.45) is 11.0 Å². The number of carboxylic acid groups (broad SMARTS) is 1. The van der Waals surface area contributed by atoms with Crippen LogP contribution in [0.15, 0.2) is 35.4 Å². The molecule has 3 rings (SSSR count). The molecule has 0 bridgehead atoms. The van der Waals surface area contributed by atoms with E-state index in [9.17, 15) is 4.79 Å². The third kappa shape index (κ3) is 3.74. The number of hydrogen-bond acceptors (Lipinski definition) is 4. The molecule has 1 unspecified atom stereocenters. The quantitative estimate of drug-likeness (QED) is 0.796. The number of hydrogen-bond donors (Lipinski definition) is 2. The molecule has 23 heavy (non-hydrogen) atoms. The number of nitrogens with zero attached hydrogens (tertiary/aromatic N) is 1. The summed E-state index contributed by atoms with van der Waals surface area (Å²) in [5, 5.41) is 14.4. The monoisotopic (exact) mass is 348 g/mol. The second kappa shape index (κ2) is 6.72. The largest absolute Gasteiger partial charge is 0.481 e. The van der Waals surface area contributed by atoms with Crippen LogP contribution in [0.1, 0.15) is 28.2 Å². The fourth-order valence-electron chi connectivity index (χ4n) is 2.84. The fourth-order valence-corrected chi connectivity index (χ4v) is 4.02. The number of halogens is 1. The van der Waals surface area contributed by atoms with Gasteiger partial charge in [-0.2, -0.15) is 5.10 Å². The highest BCUT2D eigenvalue weighted by atomic mass is 35.5. The number of carbonyl (C=O) groups is 1. The molecule has 0 saturated carbocycles. The van der Waals surface area contributed by atoms with Crippen molar-refractivity contribution in [2.75, 3.05) is 5.43 Å². The van der Waals surface area contributed by atoms with Gasteiger partial charge in [-0.3, -0.25) is 10.2 Å². The minimum Gasteiger partial charge on any atom is -0.481 e. The van der Waals surface area contributed by atoms with E-state index in [0.717, 1.165) is 29.8 Å². The molecule has 1 aliphatic carbocycles. The highest BCUT2D eigenvalue weighted by molar-refractivity contribution is 7.12. The molecule has 1 aromatic heterocycles. The normalized spacial score (nSPS) is 18.7. The number of anilines is 1. The molecular formula is C17H17ClN2O2S. The van der Waals surface area contributed by atoms with Crippen molar-refractivity contribution in [3.05, 3.63) is 50.7 Å². The van der Waals surface area contributed by atoms with Gasteiger partial charge < -0.3 is 5.11 Å². The second-order valence-corrected chi connectivity index (χ2v) is 7.42. The Kier molecular flexibility index (Phi) is 4.68. The van der Waals surface area contributed by atoms with Crippen molar-refractivity contribution in [2.45, 2.75) is 26.2 Å². The van der Waals surface area contributed by atoms with Gasteiger partial charge in [0.05, 0.1) is 17.8 Å². The minimum atomic E-state index is -0.787. The van der Waals surface area contributed by atoms with E-state index in [1.807, 2.05) is 12.1 Å². The van der Waals surface area contributed by atoms with Crippen LogP contribution in [0.25, 0.3) is 0 Å². The lowest BCUT2D eigenvalue weighted by Crippen LogP contribution is -2.25. The Morgan fingerprint density at radius 2 is 2.17 bits per heavy atom. The minimum absolute atomic E-state index is 0.0613. The van der Waals surface area contributed by atoms with E-state index < -0.39 is 5.97 Å². The van der Waals surface area contributed by atoms with Crippen LogP contribution in [0.5, 0.6) is 0 Å². The van der Waals surface area contributed by atoms with Gasteiger partial charge in [0.15, 0.2) is 0 Å². The lowest BCUT2D eigenvalue weighted by atomic mass is 9.84. The zero-order valence-corrected chi connectivity index (χ0v) is 14.2. The van der Waals surface area contributed by atoms with Crippen molar-refractivity contribution in [1.82, 2.24) is 0 Å². The van der Waals surface area contributed by atoms with E-state index in [1.165, 1.54) is 9.75 Å². The van der Waals surface area contributed by atoms with Gasteiger partial charge in [0.1, 0.15) is 0 Å². The maximum absolute atomic E-state index is 11.2. The Labute approximate surface area is 143 Å². The smallest absolute Gasteiger partial charge is 0.304 e. The van der Waals surface area contributed by atoms with E-state index >= 15 is 0 Å². The number of aliphatic carboxylic acids is 1. The first-order chi connectivity index (χ1) is 11.0. The molecule has 1 aliphatic rings. The summed E-state index contributed by atoms with van der Waals surface area (Å²) in [5.41, 5.74) is 5.79. The Morgan fingerprint density at radius 3 is 2.87 bits per heavy atom. The molecule has 0 spiro atoms. The molecule has 4 nitrogen and oxygen atoms in total. The number of thiophene rings is 1. The highest BCUT2D eigenvalue weighted by Crippen LogP contribution is 2.34. The third-order valence-corrected chi connectivity index (χ3v) is 5.25. The molecule has 2 aromatic rings. The molecule has 0 saturated heterocycles. The SMILES string of the molecule is Cc1cc2c(s1)CCC(CC(=O)O)/C2=N\Nc1ccc(Cl)cc1. The Morgan fingerprint density at radius 1 is 1.43 bits per heavy atom. The first kappa shape index (κ1) is 16.0. The molecule has 0 aliphatic heterocycles. The van der Waals surface area contributed by atoms with Gasteiger partial charge in [0, 0.05) is 26.3 Å². The maximum Gasteiger partial charge on any atom is 0.304 e. The van der Waals surface area contributed by atoms with Gasteiger partial charge in [-0.1, -0.05) is 11.6 Å². The number of carboxylic acids is 1. The first-order valence-corrected chi connectivity index (χ1v) is 8.63. The predicted octanol–water partition coefficient (Wildman–Crippen LogP) is 4.56. The number of nitrogens with one attached hydrogen (secondary N) is 1. The van der Waals surface area contributed by atoms with E-state index in [-0.39, 0.29) is 12.3 Å². The summed E-state index contributed by atoms with van der Waals surface area (Å²) in [6, 6.07) is 9.39. The van der Waals surface area contributed by atoms with Crippen molar-refractivity contribution in [3.63, 3.8) is 0 Å². The molecule has 0 amide bonds. The van der Waals surface area contributed by atoms with Crippen molar-refractivity contribution in [3.8, 4) is 0 Å². The molecular weight excluding hydrogens is 332 g/mol. The molecule has 1 heterocycles. The Balaban J connectivity index is 1.91. The van der Waals surface area contributed by atoms with Crippen LogP contribution in [-0.2, 0) is 11.2 Å². The topological polar surface area (TPSA) is 61.7 Å². The van der Waals surface area contributed by atoms with Gasteiger partial charge in [0.2, 0.25) is 0 Å². The van der Waals surface area contributed by atoms with E-state index in [0.29, 0.717) is 5.02 Å². The average Bonchev–Trinajstić information content (AvgIpc) is 2.88. The standard InChI is InChI=1S/C17H17ClN2O2S/c1-10-8-14-15(23-10)7-2-11(9-16(21)22)17(14)20-19-13-5-3-12(18)4-6-13/h3-6,8,11,19H,2,7,9H2,1H3,(H,21,22)/b20-17+. The summed E-state index contributed by atoms with van der Waals surface area (Å²) < 4.78 is 0. The molecule has 120 valence electrons. The summed E-state index contributed by atoms with van der Waals surface area (Å²) in [5.74, 6) is -0.849. The zero-order valence-electron chi connectivity index (χ0n) is 12.7. The van der Waals surface area contributed by atoms with Crippen molar-refractivity contribution < 1.29 is 9.90 Å². The molecule has 0 radical (unpaired) electrons. The zero-order chi connectivity index (χ0) is 16.4. The van der Waals surface area contributed by atoms with Gasteiger partial charge in [-0.15, -0.1) is 11.3 Å². The Bertz CT molecular complexity index is 752. The molecule has 6 heteroatoms. The molecule has 1 aromatic carbocycles. The molecule has 1 atom stereocenters. The van der Waals surface area contributed by atoms with Crippen LogP contribution >= 0.6 is 22.9 Å². The first-order valence-electron chi connectivity index (χ1n) is 7.43. The van der Waals surface area contributed by atoms with E-state index in [2.05, 4.69) is 23.5 Å². The Hall–Kier alpha value is -1.85. The summed E-state index contributed by atoms with van der Waals surface area (Å²) >= 11 is 7.65. The fraction of sp³-hybridized carbons (Fsp3) is 0.294. The summed E-state index contributed by atoms with van der Waals surface area (Å²) in [7, 11) is 0. The van der Waals surface area contributed by atoms with Crippen molar-refractivity contribution in [1.29, 1.82) is 0 Å². The van der Waals surface area contributed by atoms with Gasteiger partial charge >= 0.3 is 5.97 Å². The second-order valence-electron chi connectivity index (χ2n) is 5.64. The van der Waals surface area contributed by atoms with Crippen LogP contribution < -0.4 is 5.43 Å². The third-order valence-electron chi connectivity index (χ3n) is 3.89. The molecule has 2 N–H and O–H groups in total. The number of aryl methyl sites for hydroxylation is 2. The lowest BCUT2D eigenvalue weighted by Gasteiger charge is -2.23. The van der Waals surface area contributed by atoms with Crippen LogP contribution in [-0.4, -0.2) is 16.8 Å². The highest BCUT2D eigenvalue weighted by Gasteiger charge is 2.29. The lowest BCUT2D eigenvalue weighted by molar-refractivity contribution is -0.137. The summed E-state index contributed by atoms with van der Waals surface area (Å²) in [6.07, 6.45) is 1.85. The average molecular weight is 349 g/mol. The van der Waals surface area contributed by atoms with E-state index in [4.69, 9.17) is 16.7 Å². The summed E-state index contributed by atoms with van der Waals surface area (Å²) in [4.78, 5) is 13.7. The van der Waals surface area contributed by atoms with Crippen molar-refractivity contribution >= 4 is 40.3 Å². The predicted molar refractivity (Wildman–Crippen MR) is 94.7 cm³/mol. The van der Waals surface area contributed by atoms with Crippen LogP contribution in [0.3, 0.4) is 0 Å². The van der Waals surface area contributed by atoms with Crippen LogP contribution in [0.4, 0.5) is 5.69 Å². The number of hydrazone groups is 1. The number of fused-ring (bicyclic) bond motifs is 1. The van der Waals surface area contributed by atoms with E-state index in [1.54, 1.807) is 23.5 Å². The maximum atomic E-state index is 11.2. The number of rotatable bonds is 4. The summed E-state index contributed by atoms with van der Waals surface area (Å²) in [6.45, 7) is 2.07. The van der Waals surface area contributed by atoms with Gasteiger partial charge in [0.25, 0.3) is 0 Å². The van der Waals surface area contributed by atoms with Gasteiger partial charge in [-0.05, 0) is 50.1 Å². The van der Waals surface area contributed by atoms with Crippen LogP contribution in [0.2, 0.25) is 5.02 Å².